The van der Waals surface area contributed by atoms with Crippen molar-refractivity contribution in [3.05, 3.63) is 16.6 Å². The van der Waals surface area contributed by atoms with Gasteiger partial charge in [-0.2, -0.15) is 0 Å². The fourth-order valence-electron chi connectivity index (χ4n) is 1.37. The predicted octanol–water partition coefficient (Wildman–Crippen LogP) is 0.777. The maximum absolute atomic E-state index is 11.7. The Morgan fingerprint density at radius 2 is 2.26 bits per heavy atom. The molecule has 0 aliphatic carbocycles. The molecule has 0 saturated heterocycles. The molecule has 0 aliphatic heterocycles. The summed E-state index contributed by atoms with van der Waals surface area (Å²) in [5.41, 5.74) is -0.621. The van der Waals surface area contributed by atoms with E-state index in [-0.39, 0.29) is 6.54 Å². The van der Waals surface area contributed by atoms with Crippen molar-refractivity contribution in [2.75, 3.05) is 13.7 Å². The number of rotatable bonds is 6. The zero-order valence-electron chi connectivity index (χ0n) is 11.0. The lowest BCUT2D eigenvalue weighted by molar-refractivity contribution is -0.147. The van der Waals surface area contributed by atoms with Crippen LogP contribution in [0.25, 0.3) is 0 Å². The number of amides is 2. The van der Waals surface area contributed by atoms with Gasteiger partial charge in [0.05, 0.1) is 12.1 Å². The predicted molar refractivity (Wildman–Crippen MR) is 70.1 cm³/mol. The minimum absolute atomic E-state index is 0.106. The van der Waals surface area contributed by atoms with Crippen molar-refractivity contribution in [2.24, 2.45) is 0 Å². The van der Waals surface area contributed by atoms with E-state index in [1.807, 2.05) is 19.2 Å². The van der Waals surface area contributed by atoms with Crippen LogP contribution in [-0.2, 0) is 15.1 Å². The average molecular weight is 287 g/mol. The number of hydrogen-bond donors (Lipinski definition) is 3. The Morgan fingerprint density at radius 3 is 2.74 bits per heavy atom. The van der Waals surface area contributed by atoms with Gasteiger partial charge in [-0.3, -0.25) is 0 Å². The van der Waals surface area contributed by atoms with Crippen LogP contribution in [0.15, 0.2) is 11.6 Å². The summed E-state index contributed by atoms with van der Waals surface area (Å²) in [6, 6.07) is -0.469. The van der Waals surface area contributed by atoms with Crippen LogP contribution in [0.2, 0.25) is 0 Å². The minimum atomic E-state index is -1.12. The molecule has 0 radical (unpaired) electrons. The highest BCUT2D eigenvalue weighted by atomic mass is 32.1. The van der Waals surface area contributed by atoms with Crippen LogP contribution in [0.4, 0.5) is 4.79 Å². The smallest absolute Gasteiger partial charge is 0.334 e. The van der Waals surface area contributed by atoms with Crippen LogP contribution in [0.1, 0.15) is 18.9 Å². The van der Waals surface area contributed by atoms with E-state index in [1.54, 1.807) is 6.20 Å². The largest absolute Gasteiger partial charge is 0.479 e. The number of aliphatic carboxylic acids is 1. The molecule has 0 bridgehead atoms. The van der Waals surface area contributed by atoms with Crippen LogP contribution in [0.5, 0.6) is 0 Å². The van der Waals surface area contributed by atoms with Gasteiger partial charge in [-0.15, -0.1) is 11.3 Å². The highest BCUT2D eigenvalue weighted by Crippen LogP contribution is 2.21. The van der Waals surface area contributed by atoms with Gasteiger partial charge in [0.1, 0.15) is 5.01 Å². The number of carboxylic acid groups (broad SMARTS) is 1. The molecule has 8 heteroatoms. The number of hydrogen-bond acceptors (Lipinski definition) is 5. The maximum atomic E-state index is 11.7. The molecule has 1 heterocycles. The molecule has 1 aromatic rings. The molecule has 7 nitrogen and oxygen atoms in total. The van der Waals surface area contributed by atoms with Crippen molar-refractivity contribution < 1.29 is 19.4 Å². The number of nitrogens with one attached hydrogen (secondary N) is 2. The van der Waals surface area contributed by atoms with Crippen molar-refractivity contribution in [3.63, 3.8) is 0 Å². The second kappa shape index (κ2) is 6.48. The van der Waals surface area contributed by atoms with Gasteiger partial charge in [-0.05, 0) is 13.8 Å². The van der Waals surface area contributed by atoms with E-state index in [0.29, 0.717) is 0 Å². The molecular formula is C11H17N3O4S. The zero-order valence-corrected chi connectivity index (χ0v) is 11.8. The van der Waals surface area contributed by atoms with E-state index < -0.39 is 23.6 Å². The fraction of sp³-hybridized carbons (Fsp3) is 0.545. The van der Waals surface area contributed by atoms with Gasteiger partial charge in [-0.25, -0.2) is 14.6 Å². The number of aromatic nitrogens is 1. The molecule has 19 heavy (non-hydrogen) atoms. The lowest BCUT2D eigenvalue weighted by atomic mass is 10.1. The second-order valence-electron chi connectivity index (χ2n) is 4.36. The number of carbonyl (C=O) groups is 2. The first-order chi connectivity index (χ1) is 8.86. The molecular weight excluding hydrogens is 270 g/mol. The molecule has 1 atom stereocenters. The summed E-state index contributed by atoms with van der Waals surface area (Å²) in [5.74, 6) is -1.12. The van der Waals surface area contributed by atoms with E-state index in [4.69, 9.17) is 9.84 Å². The van der Waals surface area contributed by atoms with Crippen LogP contribution in [0.3, 0.4) is 0 Å². The Morgan fingerprint density at radius 1 is 1.58 bits per heavy atom. The van der Waals surface area contributed by atoms with Gasteiger partial charge in [0.15, 0.2) is 6.10 Å². The first-order valence-corrected chi connectivity index (χ1v) is 6.46. The van der Waals surface area contributed by atoms with Crippen molar-refractivity contribution in [1.82, 2.24) is 15.6 Å². The molecule has 106 valence electrons. The number of methoxy groups -OCH3 is 1. The Balaban J connectivity index is 2.49. The third kappa shape index (κ3) is 4.49. The van der Waals surface area contributed by atoms with E-state index in [2.05, 4.69) is 15.6 Å². The quantitative estimate of drug-likeness (QED) is 0.717. The summed E-state index contributed by atoms with van der Waals surface area (Å²) in [6.45, 7) is 3.53. The first-order valence-electron chi connectivity index (χ1n) is 5.58. The van der Waals surface area contributed by atoms with E-state index in [0.717, 1.165) is 5.01 Å². The molecule has 1 aromatic heterocycles. The summed E-state index contributed by atoms with van der Waals surface area (Å²) in [5, 5.41) is 16.5. The summed E-state index contributed by atoms with van der Waals surface area (Å²) < 4.78 is 4.71. The second-order valence-corrected chi connectivity index (χ2v) is 5.25. The van der Waals surface area contributed by atoms with Crippen LogP contribution in [-0.4, -0.2) is 41.8 Å². The van der Waals surface area contributed by atoms with E-state index in [9.17, 15) is 9.59 Å². The Kier molecular flexibility index (Phi) is 5.25. The van der Waals surface area contributed by atoms with Crippen molar-refractivity contribution in [2.45, 2.75) is 25.5 Å². The molecule has 1 unspecified atom stereocenters. The van der Waals surface area contributed by atoms with Crippen LogP contribution in [0, 0.1) is 0 Å². The molecule has 0 fully saturated rings. The fourth-order valence-corrected chi connectivity index (χ4v) is 2.09. The Hall–Kier alpha value is -1.67. The number of carboxylic acids is 1. The SMILES string of the molecule is COC(CNC(=O)NC(C)(C)c1nccs1)C(=O)O. The molecule has 1 rings (SSSR count). The van der Waals surface area contributed by atoms with Gasteiger partial charge in [0.25, 0.3) is 0 Å². The molecule has 2 amide bonds. The monoisotopic (exact) mass is 287 g/mol. The minimum Gasteiger partial charge on any atom is -0.479 e. The number of thiazole rings is 1. The zero-order chi connectivity index (χ0) is 14.5. The van der Waals surface area contributed by atoms with Crippen LogP contribution >= 0.6 is 11.3 Å². The summed E-state index contributed by atoms with van der Waals surface area (Å²) in [7, 11) is 1.28. The van der Waals surface area contributed by atoms with Gasteiger partial charge in [-0.1, -0.05) is 0 Å². The van der Waals surface area contributed by atoms with Crippen molar-refractivity contribution in [3.8, 4) is 0 Å². The molecule has 0 spiro atoms. The Bertz CT molecular complexity index is 433. The van der Waals surface area contributed by atoms with E-state index in [1.165, 1.54) is 18.4 Å². The lowest BCUT2D eigenvalue weighted by Gasteiger charge is -2.24. The summed E-state index contributed by atoms with van der Waals surface area (Å²) in [4.78, 5) is 26.6. The standard InChI is InChI=1S/C11H17N3O4S/c1-11(2,9-12-4-5-19-9)14-10(17)13-6-7(18-3)8(15)16/h4-5,7H,6H2,1-3H3,(H,15,16)(H2,13,14,17). The van der Waals surface area contributed by atoms with Gasteiger partial charge >= 0.3 is 12.0 Å². The van der Waals surface area contributed by atoms with Gasteiger partial charge < -0.3 is 20.5 Å². The van der Waals surface area contributed by atoms with Crippen molar-refractivity contribution >= 4 is 23.3 Å². The molecule has 0 saturated carbocycles. The molecule has 0 aromatic carbocycles. The lowest BCUT2D eigenvalue weighted by Crippen LogP contribution is -2.49. The normalized spacial score (nSPS) is 12.8. The van der Waals surface area contributed by atoms with Gasteiger partial charge in [0.2, 0.25) is 0 Å². The Labute approximate surface area is 115 Å². The topological polar surface area (TPSA) is 101 Å². The van der Waals surface area contributed by atoms with E-state index >= 15 is 0 Å². The average Bonchev–Trinajstić information content (AvgIpc) is 2.82. The highest BCUT2D eigenvalue weighted by Gasteiger charge is 2.26. The van der Waals surface area contributed by atoms with Crippen molar-refractivity contribution in [1.29, 1.82) is 0 Å². The highest BCUT2D eigenvalue weighted by molar-refractivity contribution is 7.09. The molecule has 3 N–H and O–H groups in total. The number of urea groups is 1. The number of carbonyl (C=O) groups excluding carboxylic acids is 1. The third-order valence-electron chi connectivity index (χ3n) is 2.40. The number of ether oxygens (including phenoxy) is 1. The van der Waals surface area contributed by atoms with Crippen LogP contribution < -0.4 is 10.6 Å². The molecule has 0 aliphatic rings. The summed E-state index contributed by atoms with van der Waals surface area (Å²) >= 11 is 1.43. The maximum Gasteiger partial charge on any atom is 0.334 e. The van der Waals surface area contributed by atoms with Gasteiger partial charge in [0, 0.05) is 18.7 Å². The summed E-state index contributed by atoms with van der Waals surface area (Å²) in [6.07, 6.45) is 0.598. The third-order valence-corrected chi connectivity index (χ3v) is 3.50. The number of nitrogens with zero attached hydrogens (tertiary/aromatic N) is 1. The first kappa shape index (κ1) is 15.4.